The average Bonchev–Trinajstić information content (AvgIpc) is 3.49. The summed E-state index contributed by atoms with van der Waals surface area (Å²) in [7, 11) is 1.88. The molecule has 3 heterocycles. The number of ether oxygens (including phenoxy) is 1. The Bertz CT molecular complexity index is 1090. The van der Waals surface area contributed by atoms with Crippen LogP contribution in [0.25, 0.3) is 16.2 Å². The molecule has 2 N–H and O–H groups in total. The van der Waals surface area contributed by atoms with Gasteiger partial charge in [0.2, 0.25) is 16.0 Å². The number of likely N-dealkylation sites (N-methyl/N-ethyl adjacent to an activating group) is 1. The van der Waals surface area contributed by atoms with E-state index in [1.807, 2.05) is 16.5 Å². The van der Waals surface area contributed by atoms with Crippen molar-refractivity contribution >= 4 is 33.2 Å². The number of hydrogen-bond donors (Lipinski definition) is 2. The lowest BCUT2D eigenvalue weighted by Gasteiger charge is -2.22. The Balaban J connectivity index is 1.55. The average molecular weight is 471 g/mol. The molecule has 1 aromatic carbocycles. The van der Waals surface area contributed by atoms with Crippen LogP contribution in [-0.2, 0) is 16.0 Å². The first-order chi connectivity index (χ1) is 15.7. The molecule has 3 aromatic rings. The summed E-state index contributed by atoms with van der Waals surface area (Å²) in [6.07, 6.45) is 3.21. The van der Waals surface area contributed by atoms with Gasteiger partial charge in [-0.15, -0.1) is 5.10 Å². The molecule has 1 amide bonds. The van der Waals surface area contributed by atoms with E-state index < -0.39 is 0 Å². The van der Waals surface area contributed by atoms with Gasteiger partial charge in [0, 0.05) is 31.3 Å². The van der Waals surface area contributed by atoms with Crippen LogP contribution in [0, 0.1) is 0 Å². The van der Waals surface area contributed by atoms with Crippen LogP contribution in [0.4, 0.5) is 10.9 Å². The van der Waals surface area contributed by atoms with Gasteiger partial charge in [0.15, 0.2) is 5.82 Å². The van der Waals surface area contributed by atoms with Crippen molar-refractivity contribution in [2.75, 3.05) is 37.0 Å². The van der Waals surface area contributed by atoms with Gasteiger partial charge in [-0.05, 0) is 45.6 Å². The van der Waals surface area contributed by atoms with Gasteiger partial charge in [-0.3, -0.25) is 4.79 Å². The minimum absolute atomic E-state index is 0.0365. The Labute approximate surface area is 199 Å². The molecule has 1 aliphatic heterocycles. The molecule has 9 heteroatoms. The van der Waals surface area contributed by atoms with E-state index in [0.29, 0.717) is 6.54 Å². The number of carbonyl (C=O) groups excluding carboxylic acids is 1. The van der Waals surface area contributed by atoms with Crippen molar-refractivity contribution in [1.82, 2.24) is 19.9 Å². The number of amides is 1. The fourth-order valence-corrected chi connectivity index (χ4v) is 4.69. The Morgan fingerprint density at radius 2 is 2.06 bits per heavy atom. The zero-order chi connectivity index (χ0) is 23.6. The van der Waals surface area contributed by atoms with Crippen LogP contribution in [-0.4, -0.2) is 58.9 Å². The lowest BCUT2D eigenvalue weighted by atomic mass is 10.1. The highest BCUT2D eigenvalue weighted by molar-refractivity contribution is 7.20. The third-order valence-corrected chi connectivity index (χ3v) is 6.60. The molecule has 0 saturated carbocycles. The molecule has 0 unspecified atom stereocenters. The zero-order valence-corrected chi connectivity index (χ0v) is 21.0. The van der Waals surface area contributed by atoms with Crippen molar-refractivity contribution < 1.29 is 9.53 Å². The number of fused-ring (bicyclic) bond motifs is 1. The molecule has 1 saturated heterocycles. The standard InChI is InChI=1S/C24H34N6O2S/c1-6-16-9-11-17(12-10-16)20-21(27-24(2,3)4)30-22(26-20)33-23(28-30)29(5)15-19(31)25-14-18-8-7-13-32-18/h9-12,18,27H,6-8,13-15H2,1-5H3,(H,25,31)/t18-/m1/s1. The van der Waals surface area contributed by atoms with E-state index in [9.17, 15) is 4.79 Å². The van der Waals surface area contributed by atoms with Crippen LogP contribution >= 0.6 is 11.3 Å². The Hall–Kier alpha value is -2.65. The molecule has 0 bridgehead atoms. The Morgan fingerprint density at radius 1 is 1.30 bits per heavy atom. The number of carbonyl (C=O) groups is 1. The van der Waals surface area contributed by atoms with Gasteiger partial charge in [0.25, 0.3) is 0 Å². The normalized spacial score (nSPS) is 16.3. The number of aromatic nitrogens is 3. The summed E-state index contributed by atoms with van der Waals surface area (Å²) < 4.78 is 7.43. The quantitative estimate of drug-likeness (QED) is 0.518. The van der Waals surface area contributed by atoms with Crippen molar-refractivity contribution in [3.8, 4) is 11.3 Å². The number of benzene rings is 1. The van der Waals surface area contributed by atoms with Crippen LogP contribution in [0.5, 0.6) is 0 Å². The summed E-state index contributed by atoms with van der Waals surface area (Å²) >= 11 is 1.48. The van der Waals surface area contributed by atoms with E-state index in [-0.39, 0.29) is 24.1 Å². The second kappa shape index (κ2) is 9.69. The maximum Gasteiger partial charge on any atom is 0.239 e. The van der Waals surface area contributed by atoms with E-state index in [1.165, 1.54) is 16.9 Å². The maximum absolute atomic E-state index is 12.4. The molecule has 4 rings (SSSR count). The second-order valence-electron chi connectivity index (χ2n) is 9.61. The topological polar surface area (TPSA) is 83.8 Å². The highest BCUT2D eigenvalue weighted by Gasteiger charge is 2.23. The lowest BCUT2D eigenvalue weighted by Crippen LogP contribution is -2.38. The van der Waals surface area contributed by atoms with E-state index in [0.717, 1.165) is 53.0 Å². The Kier molecular flexibility index (Phi) is 6.90. The van der Waals surface area contributed by atoms with Crippen molar-refractivity contribution in [2.24, 2.45) is 0 Å². The minimum Gasteiger partial charge on any atom is -0.376 e. The molecule has 33 heavy (non-hydrogen) atoms. The molecule has 1 fully saturated rings. The third kappa shape index (κ3) is 5.65. The van der Waals surface area contributed by atoms with Gasteiger partial charge in [0.1, 0.15) is 5.69 Å². The number of imidazole rings is 1. The summed E-state index contributed by atoms with van der Waals surface area (Å²) in [5.41, 5.74) is 3.08. The number of hydrogen-bond acceptors (Lipinski definition) is 7. The van der Waals surface area contributed by atoms with E-state index in [1.54, 1.807) is 0 Å². The monoisotopic (exact) mass is 470 g/mol. The number of nitrogens with one attached hydrogen (secondary N) is 2. The predicted octanol–water partition coefficient (Wildman–Crippen LogP) is 3.96. The smallest absolute Gasteiger partial charge is 0.239 e. The highest BCUT2D eigenvalue weighted by Crippen LogP contribution is 2.34. The first-order valence-electron chi connectivity index (χ1n) is 11.6. The first-order valence-corrected chi connectivity index (χ1v) is 12.4. The van der Waals surface area contributed by atoms with E-state index in [2.05, 4.69) is 62.6 Å². The number of anilines is 2. The summed E-state index contributed by atoms with van der Waals surface area (Å²) in [5, 5.41) is 12.1. The van der Waals surface area contributed by atoms with Crippen LogP contribution in [0.2, 0.25) is 0 Å². The SMILES string of the molecule is CCc1ccc(-c2nc3sc(N(C)CC(=O)NC[C@H]4CCCO4)nn3c2NC(C)(C)C)cc1. The predicted molar refractivity (Wildman–Crippen MR) is 134 cm³/mol. The summed E-state index contributed by atoms with van der Waals surface area (Å²) in [6, 6.07) is 8.52. The molecular formula is C24H34N6O2S. The van der Waals surface area contributed by atoms with Gasteiger partial charge in [-0.1, -0.05) is 42.5 Å². The highest BCUT2D eigenvalue weighted by atomic mass is 32.1. The van der Waals surface area contributed by atoms with Gasteiger partial charge >= 0.3 is 0 Å². The van der Waals surface area contributed by atoms with Crippen LogP contribution in [0.15, 0.2) is 24.3 Å². The van der Waals surface area contributed by atoms with Crippen LogP contribution in [0.1, 0.15) is 46.1 Å². The van der Waals surface area contributed by atoms with Gasteiger partial charge in [0.05, 0.1) is 12.6 Å². The zero-order valence-electron chi connectivity index (χ0n) is 20.1. The molecule has 8 nitrogen and oxygen atoms in total. The van der Waals surface area contributed by atoms with Crippen molar-refractivity contribution in [2.45, 2.75) is 58.6 Å². The first kappa shape index (κ1) is 23.5. The fraction of sp³-hybridized carbons (Fsp3) is 0.542. The summed E-state index contributed by atoms with van der Waals surface area (Å²) in [4.78, 5) is 20.0. The summed E-state index contributed by atoms with van der Waals surface area (Å²) in [6.45, 7) is 10.1. The molecule has 0 aliphatic carbocycles. The molecule has 0 spiro atoms. The maximum atomic E-state index is 12.4. The Morgan fingerprint density at radius 3 is 2.70 bits per heavy atom. The van der Waals surface area contributed by atoms with Gasteiger partial charge in [-0.25, -0.2) is 4.98 Å². The third-order valence-electron chi connectivity index (χ3n) is 5.58. The van der Waals surface area contributed by atoms with Crippen LogP contribution in [0.3, 0.4) is 0 Å². The van der Waals surface area contributed by atoms with E-state index >= 15 is 0 Å². The number of rotatable bonds is 8. The number of aryl methyl sites for hydroxylation is 1. The van der Waals surface area contributed by atoms with Gasteiger partial charge in [-0.2, -0.15) is 4.52 Å². The molecule has 178 valence electrons. The van der Waals surface area contributed by atoms with Crippen molar-refractivity contribution in [3.63, 3.8) is 0 Å². The summed E-state index contributed by atoms with van der Waals surface area (Å²) in [5.74, 6) is 0.825. The van der Waals surface area contributed by atoms with Crippen molar-refractivity contribution in [1.29, 1.82) is 0 Å². The second-order valence-corrected chi connectivity index (χ2v) is 10.5. The van der Waals surface area contributed by atoms with Crippen molar-refractivity contribution in [3.05, 3.63) is 29.8 Å². The van der Waals surface area contributed by atoms with Crippen LogP contribution < -0.4 is 15.5 Å². The molecule has 1 aliphatic rings. The molecule has 2 aromatic heterocycles. The fourth-order valence-electron chi connectivity index (χ4n) is 3.83. The van der Waals surface area contributed by atoms with Gasteiger partial charge < -0.3 is 20.3 Å². The molecular weight excluding hydrogens is 436 g/mol. The molecule has 0 radical (unpaired) electrons. The molecule has 1 atom stereocenters. The van der Waals surface area contributed by atoms with E-state index in [4.69, 9.17) is 14.8 Å². The largest absolute Gasteiger partial charge is 0.376 e. The number of nitrogens with zero attached hydrogens (tertiary/aromatic N) is 4. The minimum atomic E-state index is -0.161. The lowest BCUT2D eigenvalue weighted by molar-refractivity contribution is -0.120.